The Balaban J connectivity index is 2.70. The second-order valence-electron chi connectivity index (χ2n) is 4.79. The minimum atomic E-state index is -0.266. The van der Waals surface area contributed by atoms with E-state index in [9.17, 15) is 5.26 Å². The summed E-state index contributed by atoms with van der Waals surface area (Å²) < 4.78 is 5.58. The monoisotopic (exact) mass is 246 g/mol. The number of ether oxygens (including phenoxy) is 1. The highest BCUT2D eigenvalue weighted by molar-refractivity contribution is 5.33. The molecule has 0 heterocycles. The quantitative estimate of drug-likeness (QED) is 0.803. The number of benzene rings is 1. The topological polar surface area (TPSA) is 45.0 Å². The maximum absolute atomic E-state index is 9.21. The van der Waals surface area contributed by atoms with Crippen molar-refractivity contribution in [3.05, 3.63) is 29.8 Å². The summed E-state index contributed by atoms with van der Waals surface area (Å²) in [6, 6.07) is 9.78. The molecule has 1 unspecified atom stereocenters. The maximum atomic E-state index is 9.21. The summed E-state index contributed by atoms with van der Waals surface area (Å²) >= 11 is 0. The Bertz CT molecular complexity index is 396. The normalized spacial score (nSPS) is 12.2. The van der Waals surface area contributed by atoms with E-state index in [0.29, 0.717) is 12.5 Å². The summed E-state index contributed by atoms with van der Waals surface area (Å²) in [7, 11) is 0. The number of hydrogen-bond acceptors (Lipinski definition) is 3. The van der Waals surface area contributed by atoms with Crippen LogP contribution in [0.3, 0.4) is 0 Å². The van der Waals surface area contributed by atoms with Crippen molar-refractivity contribution in [2.45, 2.75) is 33.2 Å². The van der Waals surface area contributed by atoms with Crippen LogP contribution in [0.2, 0.25) is 0 Å². The van der Waals surface area contributed by atoms with Crippen molar-refractivity contribution in [3.8, 4) is 11.8 Å². The first-order valence-electron chi connectivity index (χ1n) is 6.53. The summed E-state index contributed by atoms with van der Waals surface area (Å²) in [4.78, 5) is 0. The molecule has 0 saturated heterocycles. The second kappa shape index (κ2) is 7.73. The molecule has 1 aromatic carbocycles. The second-order valence-corrected chi connectivity index (χ2v) is 4.79. The Morgan fingerprint density at radius 1 is 1.39 bits per heavy atom. The third-order valence-electron chi connectivity index (χ3n) is 2.52. The van der Waals surface area contributed by atoms with Crippen LogP contribution in [0.4, 0.5) is 0 Å². The average molecular weight is 246 g/mol. The van der Waals surface area contributed by atoms with Gasteiger partial charge in [0, 0.05) is 0 Å². The van der Waals surface area contributed by atoms with Crippen LogP contribution in [0.1, 0.15) is 38.8 Å². The maximum Gasteiger partial charge on any atom is 0.121 e. The van der Waals surface area contributed by atoms with Gasteiger partial charge in [0.05, 0.1) is 12.7 Å². The molecule has 0 radical (unpaired) electrons. The van der Waals surface area contributed by atoms with Gasteiger partial charge in [-0.25, -0.2) is 0 Å². The molecule has 0 aliphatic heterocycles. The average Bonchev–Trinajstić information content (AvgIpc) is 2.37. The minimum Gasteiger partial charge on any atom is -0.494 e. The molecule has 0 amide bonds. The van der Waals surface area contributed by atoms with Crippen LogP contribution >= 0.6 is 0 Å². The van der Waals surface area contributed by atoms with Gasteiger partial charge in [0.1, 0.15) is 11.8 Å². The van der Waals surface area contributed by atoms with Gasteiger partial charge in [-0.05, 0) is 36.6 Å². The molecule has 1 N–H and O–H groups in total. The zero-order valence-electron chi connectivity index (χ0n) is 11.4. The van der Waals surface area contributed by atoms with Crippen LogP contribution in [0.25, 0.3) is 0 Å². The number of nitrogens with one attached hydrogen (secondary N) is 1. The zero-order valence-corrected chi connectivity index (χ0v) is 11.4. The van der Waals surface area contributed by atoms with Crippen molar-refractivity contribution in [2.24, 2.45) is 5.92 Å². The van der Waals surface area contributed by atoms with Crippen molar-refractivity contribution in [3.63, 3.8) is 0 Å². The molecule has 0 aliphatic rings. The lowest BCUT2D eigenvalue weighted by Gasteiger charge is -2.14. The zero-order chi connectivity index (χ0) is 13.4. The lowest BCUT2D eigenvalue weighted by Crippen LogP contribution is -2.24. The van der Waals surface area contributed by atoms with Crippen LogP contribution in [0.5, 0.6) is 5.75 Å². The highest BCUT2D eigenvalue weighted by atomic mass is 16.5. The van der Waals surface area contributed by atoms with Gasteiger partial charge in [0.15, 0.2) is 0 Å². The molecule has 98 valence electrons. The predicted molar refractivity (Wildman–Crippen MR) is 73.4 cm³/mol. The molecule has 1 rings (SSSR count). The summed E-state index contributed by atoms with van der Waals surface area (Å²) in [6.07, 6.45) is 0.984. The molecule has 0 bridgehead atoms. The third-order valence-corrected chi connectivity index (χ3v) is 2.52. The lowest BCUT2D eigenvalue weighted by atomic mass is 10.1. The Hall–Kier alpha value is -1.53. The molecule has 18 heavy (non-hydrogen) atoms. The highest BCUT2D eigenvalue weighted by Crippen LogP contribution is 2.19. The van der Waals surface area contributed by atoms with Gasteiger partial charge in [0.25, 0.3) is 0 Å². The molecule has 1 aromatic rings. The smallest absolute Gasteiger partial charge is 0.121 e. The Labute approximate surface area is 110 Å². The van der Waals surface area contributed by atoms with Crippen molar-refractivity contribution < 1.29 is 4.74 Å². The minimum absolute atomic E-state index is 0.266. The molecular formula is C15H22N2O. The molecule has 0 saturated carbocycles. The van der Waals surface area contributed by atoms with Gasteiger partial charge in [-0.2, -0.15) is 5.26 Å². The fourth-order valence-corrected chi connectivity index (χ4v) is 1.60. The number of rotatable bonds is 7. The molecule has 3 heteroatoms. The van der Waals surface area contributed by atoms with Gasteiger partial charge in [0.2, 0.25) is 0 Å². The van der Waals surface area contributed by atoms with E-state index < -0.39 is 0 Å². The van der Waals surface area contributed by atoms with E-state index in [1.807, 2.05) is 24.3 Å². The lowest BCUT2D eigenvalue weighted by molar-refractivity contribution is 0.317. The summed E-state index contributed by atoms with van der Waals surface area (Å²) in [6.45, 7) is 7.87. The van der Waals surface area contributed by atoms with E-state index in [2.05, 4.69) is 32.2 Å². The SMILES string of the molecule is CCCOc1cccc(C(C#N)NCC(C)C)c1. The van der Waals surface area contributed by atoms with Crippen molar-refractivity contribution in [1.29, 1.82) is 5.26 Å². The summed E-state index contributed by atoms with van der Waals surface area (Å²) in [5.74, 6) is 1.36. The Morgan fingerprint density at radius 2 is 2.17 bits per heavy atom. The van der Waals surface area contributed by atoms with Crippen LogP contribution < -0.4 is 10.1 Å². The van der Waals surface area contributed by atoms with E-state index in [-0.39, 0.29) is 6.04 Å². The Morgan fingerprint density at radius 3 is 2.78 bits per heavy atom. The molecule has 0 aliphatic carbocycles. The largest absolute Gasteiger partial charge is 0.494 e. The first kappa shape index (κ1) is 14.5. The number of hydrogen-bond donors (Lipinski definition) is 1. The molecule has 0 aromatic heterocycles. The van der Waals surface area contributed by atoms with Gasteiger partial charge < -0.3 is 4.74 Å². The van der Waals surface area contributed by atoms with Crippen LogP contribution in [-0.2, 0) is 0 Å². The van der Waals surface area contributed by atoms with Gasteiger partial charge in [-0.3, -0.25) is 5.32 Å². The van der Waals surface area contributed by atoms with Crippen LogP contribution in [0, 0.1) is 17.2 Å². The van der Waals surface area contributed by atoms with Crippen LogP contribution in [-0.4, -0.2) is 13.2 Å². The third kappa shape index (κ3) is 4.77. The summed E-state index contributed by atoms with van der Waals surface area (Å²) in [5, 5.41) is 12.5. The van der Waals surface area contributed by atoms with Crippen molar-refractivity contribution >= 4 is 0 Å². The molecule has 3 nitrogen and oxygen atoms in total. The summed E-state index contributed by atoms with van der Waals surface area (Å²) in [5.41, 5.74) is 0.965. The van der Waals surface area contributed by atoms with E-state index in [0.717, 1.165) is 24.3 Å². The predicted octanol–water partition coefficient (Wildman–Crippen LogP) is 3.29. The highest BCUT2D eigenvalue weighted by Gasteiger charge is 2.11. The number of nitriles is 1. The van der Waals surface area contributed by atoms with E-state index in [4.69, 9.17) is 4.74 Å². The van der Waals surface area contributed by atoms with Gasteiger partial charge in [-0.1, -0.05) is 32.9 Å². The fraction of sp³-hybridized carbons (Fsp3) is 0.533. The van der Waals surface area contributed by atoms with E-state index >= 15 is 0 Å². The first-order chi connectivity index (χ1) is 8.67. The standard InChI is InChI=1S/C15H22N2O/c1-4-8-18-14-7-5-6-13(9-14)15(10-16)17-11-12(2)3/h5-7,9,12,15,17H,4,8,11H2,1-3H3. The van der Waals surface area contributed by atoms with Gasteiger partial charge in [-0.15, -0.1) is 0 Å². The molecular weight excluding hydrogens is 224 g/mol. The molecule has 0 fully saturated rings. The fourth-order valence-electron chi connectivity index (χ4n) is 1.60. The van der Waals surface area contributed by atoms with E-state index in [1.54, 1.807) is 0 Å². The molecule has 0 spiro atoms. The van der Waals surface area contributed by atoms with Crippen LogP contribution in [0.15, 0.2) is 24.3 Å². The van der Waals surface area contributed by atoms with E-state index in [1.165, 1.54) is 0 Å². The molecule has 1 atom stereocenters. The number of nitrogens with zero attached hydrogens (tertiary/aromatic N) is 1. The van der Waals surface area contributed by atoms with Crippen molar-refractivity contribution in [1.82, 2.24) is 5.32 Å². The van der Waals surface area contributed by atoms with Crippen molar-refractivity contribution in [2.75, 3.05) is 13.2 Å². The van der Waals surface area contributed by atoms with Gasteiger partial charge >= 0.3 is 0 Å². The first-order valence-corrected chi connectivity index (χ1v) is 6.53. The Kier molecular flexibility index (Phi) is 6.24.